The fourth-order valence-electron chi connectivity index (χ4n) is 1.52. The Bertz CT molecular complexity index is 302. The SMILES string of the molecule is CC(=O)NC[C@]1(C(=O)O)C[C@@H]1C(F)(F)F. The van der Waals surface area contributed by atoms with Crippen molar-refractivity contribution in [3.8, 4) is 0 Å². The zero-order valence-electron chi connectivity index (χ0n) is 7.89. The molecule has 0 heterocycles. The highest BCUT2D eigenvalue weighted by Gasteiger charge is 2.71. The molecule has 1 aliphatic rings. The molecule has 0 aromatic rings. The standard InChI is InChI=1S/C8H10F3NO3/c1-4(13)12-3-7(6(14)15)2-5(7)8(9,10)11/h5H,2-3H2,1H3,(H,12,13)(H,14,15)/t5-,7+/m0/s1. The number of rotatable bonds is 3. The quantitative estimate of drug-likeness (QED) is 0.745. The van der Waals surface area contributed by atoms with Crippen LogP contribution in [-0.2, 0) is 9.59 Å². The predicted octanol–water partition coefficient (Wildman–Crippen LogP) is 0.776. The lowest BCUT2D eigenvalue weighted by atomic mass is 10.0. The second-order valence-corrected chi connectivity index (χ2v) is 3.67. The van der Waals surface area contributed by atoms with Gasteiger partial charge >= 0.3 is 12.1 Å². The van der Waals surface area contributed by atoms with Gasteiger partial charge in [0.25, 0.3) is 0 Å². The molecule has 7 heteroatoms. The normalized spacial score (nSPS) is 29.7. The summed E-state index contributed by atoms with van der Waals surface area (Å²) in [5, 5.41) is 10.8. The molecule has 0 aromatic carbocycles. The Hall–Kier alpha value is -1.27. The first-order chi connectivity index (χ1) is 6.70. The van der Waals surface area contributed by atoms with E-state index in [1.165, 1.54) is 0 Å². The Morgan fingerprint density at radius 2 is 2.07 bits per heavy atom. The Balaban J connectivity index is 2.70. The maximum absolute atomic E-state index is 12.2. The summed E-state index contributed by atoms with van der Waals surface area (Å²) < 4.78 is 36.7. The van der Waals surface area contributed by atoms with E-state index in [2.05, 4.69) is 5.32 Å². The van der Waals surface area contributed by atoms with Gasteiger partial charge in [0, 0.05) is 13.5 Å². The van der Waals surface area contributed by atoms with Gasteiger partial charge in [0.2, 0.25) is 5.91 Å². The summed E-state index contributed by atoms with van der Waals surface area (Å²) in [5.41, 5.74) is -1.86. The van der Waals surface area contributed by atoms with Crippen molar-refractivity contribution in [1.29, 1.82) is 0 Å². The van der Waals surface area contributed by atoms with Gasteiger partial charge < -0.3 is 10.4 Å². The zero-order valence-corrected chi connectivity index (χ0v) is 7.89. The fourth-order valence-corrected chi connectivity index (χ4v) is 1.52. The van der Waals surface area contributed by atoms with Crippen LogP contribution in [0.4, 0.5) is 13.2 Å². The monoisotopic (exact) mass is 225 g/mol. The highest BCUT2D eigenvalue weighted by Crippen LogP contribution is 2.60. The number of halogens is 3. The van der Waals surface area contributed by atoms with Gasteiger partial charge in [0.15, 0.2) is 0 Å². The maximum atomic E-state index is 12.2. The van der Waals surface area contributed by atoms with E-state index in [4.69, 9.17) is 5.11 Å². The van der Waals surface area contributed by atoms with Gasteiger partial charge in [0.1, 0.15) is 0 Å². The van der Waals surface area contributed by atoms with E-state index in [1.807, 2.05) is 0 Å². The Labute approximate surface area is 83.5 Å². The van der Waals surface area contributed by atoms with E-state index >= 15 is 0 Å². The number of carboxylic acids is 1. The number of aliphatic carboxylic acids is 1. The summed E-state index contributed by atoms with van der Waals surface area (Å²) >= 11 is 0. The van der Waals surface area contributed by atoms with Gasteiger partial charge in [-0.15, -0.1) is 0 Å². The van der Waals surface area contributed by atoms with Gasteiger partial charge in [-0.3, -0.25) is 9.59 Å². The Kier molecular flexibility index (Phi) is 2.67. The van der Waals surface area contributed by atoms with Crippen molar-refractivity contribution in [3.05, 3.63) is 0 Å². The van der Waals surface area contributed by atoms with Crippen LogP contribution < -0.4 is 5.32 Å². The van der Waals surface area contributed by atoms with Gasteiger partial charge in [-0.25, -0.2) is 0 Å². The van der Waals surface area contributed by atoms with E-state index in [9.17, 15) is 22.8 Å². The number of amides is 1. The van der Waals surface area contributed by atoms with Gasteiger partial charge in [0.05, 0.1) is 11.3 Å². The average Bonchev–Trinajstić information content (AvgIpc) is 2.75. The summed E-state index contributed by atoms with van der Waals surface area (Å²) in [4.78, 5) is 21.2. The van der Waals surface area contributed by atoms with Crippen LogP contribution >= 0.6 is 0 Å². The number of carbonyl (C=O) groups excluding carboxylic acids is 1. The van der Waals surface area contributed by atoms with Crippen LogP contribution in [0.25, 0.3) is 0 Å². The number of hydrogen-bond acceptors (Lipinski definition) is 2. The summed E-state index contributed by atoms with van der Waals surface area (Å²) in [6, 6.07) is 0. The Morgan fingerprint density at radius 1 is 1.53 bits per heavy atom. The average molecular weight is 225 g/mol. The second-order valence-electron chi connectivity index (χ2n) is 3.67. The first-order valence-corrected chi connectivity index (χ1v) is 4.25. The van der Waals surface area contributed by atoms with Crippen molar-refractivity contribution in [1.82, 2.24) is 5.32 Å². The predicted molar refractivity (Wildman–Crippen MR) is 42.9 cm³/mol. The number of hydrogen-bond donors (Lipinski definition) is 2. The van der Waals surface area contributed by atoms with Crippen LogP contribution in [-0.4, -0.2) is 29.7 Å². The van der Waals surface area contributed by atoms with Crippen molar-refractivity contribution in [2.75, 3.05) is 6.54 Å². The van der Waals surface area contributed by atoms with Crippen LogP contribution in [0.15, 0.2) is 0 Å². The first kappa shape index (κ1) is 11.8. The number of nitrogens with one attached hydrogen (secondary N) is 1. The molecule has 0 bridgehead atoms. The van der Waals surface area contributed by atoms with Crippen molar-refractivity contribution in [2.45, 2.75) is 19.5 Å². The molecule has 0 aromatic heterocycles. The molecule has 15 heavy (non-hydrogen) atoms. The van der Waals surface area contributed by atoms with Gasteiger partial charge in [-0.2, -0.15) is 13.2 Å². The van der Waals surface area contributed by atoms with Crippen molar-refractivity contribution in [3.63, 3.8) is 0 Å². The second kappa shape index (κ2) is 3.39. The van der Waals surface area contributed by atoms with Crippen LogP contribution in [0.3, 0.4) is 0 Å². The highest BCUT2D eigenvalue weighted by molar-refractivity contribution is 5.81. The lowest BCUT2D eigenvalue weighted by molar-refractivity contribution is -0.168. The van der Waals surface area contributed by atoms with Crippen LogP contribution in [0, 0.1) is 11.3 Å². The molecule has 1 saturated carbocycles. The molecule has 0 radical (unpaired) electrons. The molecule has 1 rings (SSSR count). The van der Waals surface area contributed by atoms with Crippen molar-refractivity contribution < 1.29 is 27.9 Å². The Morgan fingerprint density at radius 3 is 2.33 bits per heavy atom. The molecule has 1 fully saturated rings. The molecule has 4 nitrogen and oxygen atoms in total. The molecule has 1 aliphatic carbocycles. The van der Waals surface area contributed by atoms with E-state index in [1.54, 1.807) is 0 Å². The number of carboxylic acid groups (broad SMARTS) is 1. The lowest BCUT2D eigenvalue weighted by Crippen LogP contribution is -2.36. The van der Waals surface area contributed by atoms with Gasteiger partial charge in [-0.05, 0) is 6.42 Å². The van der Waals surface area contributed by atoms with Crippen molar-refractivity contribution in [2.24, 2.45) is 11.3 Å². The molecular weight excluding hydrogens is 215 g/mol. The summed E-state index contributed by atoms with van der Waals surface area (Å²) in [6.45, 7) is 0.655. The topological polar surface area (TPSA) is 66.4 Å². The number of carbonyl (C=O) groups is 2. The lowest BCUT2D eigenvalue weighted by Gasteiger charge is -2.14. The highest BCUT2D eigenvalue weighted by atomic mass is 19.4. The molecule has 0 spiro atoms. The van der Waals surface area contributed by atoms with E-state index in [-0.39, 0.29) is 0 Å². The molecule has 0 aliphatic heterocycles. The third-order valence-electron chi connectivity index (χ3n) is 2.55. The van der Waals surface area contributed by atoms with Crippen LogP contribution in [0.1, 0.15) is 13.3 Å². The zero-order chi connectivity index (χ0) is 11.9. The third kappa shape index (κ3) is 2.21. The summed E-state index contributed by atoms with van der Waals surface area (Å²) in [7, 11) is 0. The van der Waals surface area contributed by atoms with Crippen LogP contribution in [0.5, 0.6) is 0 Å². The minimum Gasteiger partial charge on any atom is -0.481 e. The first-order valence-electron chi connectivity index (χ1n) is 4.25. The van der Waals surface area contributed by atoms with Crippen LogP contribution in [0.2, 0.25) is 0 Å². The smallest absolute Gasteiger partial charge is 0.393 e. The van der Waals surface area contributed by atoms with E-state index in [0.717, 1.165) is 6.92 Å². The molecule has 2 atom stereocenters. The largest absolute Gasteiger partial charge is 0.481 e. The molecule has 86 valence electrons. The van der Waals surface area contributed by atoms with Crippen molar-refractivity contribution >= 4 is 11.9 Å². The third-order valence-corrected chi connectivity index (χ3v) is 2.55. The van der Waals surface area contributed by atoms with E-state index < -0.39 is 42.4 Å². The molecule has 0 saturated heterocycles. The minimum atomic E-state index is -4.52. The summed E-state index contributed by atoms with van der Waals surface area (Å²) in [6.07, 6.45) is -4.98. The molecule has 2 N–H and O–H groups in total. The van der Waals surface area contributed by atoms with Gasteiger partial charge in [-0.1, -0.05) is 0 Å². The molecule has 0 unspecified atom stereocenters. The molecular formula is C8H10F3NO3. The fraction of sp³-hybridized carbons (Fsp3) is 0.750. The maximum Gasteiger partial charge on any atom is 0.393 e. The number of alkyl halides is 3. The summed E-state index contributed by atoms with van der Waals surface area (Å²) in [5.74, 6) is -3.91. The molecule has 1 amide bonds. The minimum absolute atomic E-state index is 0.466. The van der Waals surface area contributed by atoms with E-state index in [0.29, 0.717) is 0 Å².